The second-order valence-corrected chi connectivity index (χ2v) is 8.69. The number of hydrogen-bond acceptors (Lipinski definition) is 5. The minimum atomic E-state index is -3.85. The van der Waals surface area contributed by atoms with Gasteiger partial charge in [-0.2, -0.15) is 0 Å². The van der Waals surface area contributed by atoms with Gasteiger partial charge in [-0.05, 0) is 49.6 Å². The molecular formula is C21H22N4O3S. The van der Waals surface area contributed by atoms with Gasteiger partial charge >= 0.3 is 0 Å². The molecule has 7 nitrogen and oxygen atoms in total. The van der Waals surface area contributed by atoms with Crippen LogP contribution in [0.15, 0.2) is 59.5 Å². The standard InChI is InChI=1S/C21H22N4O3S/c22-29(27,28)17-9-6-8-16(14-17)23-21(26)18-13-15-7-2-3-10-19(15)24-20(18)25-11-4-1-5-12-25/h2-3,6-10,13-14H,1,4-5,11-12H2,(H,23,26)(H2,22,27,28). The fourth-order valence-electron chi connectivity index (χ4n) is 3.57. The van der Waals surface area contributed by atoms with Crippen LogP contribution in [0.3, 0.4) is 0 Å². The second-order valence-electron chi connectivity index (χ2n) is 7.13. The van der Waals surface area contributed by atoms with Crippen LogP contribution in [-0.4, -0.2) is 32.4 Å². The highest BCUT2D eigenvalue weighted by Crippen LogP contribution is 2.27. The zero-order chi connectivity index (χ0) is 20.4. The number of anilines is 2. The molecule has 1 aromatic heterocycles. The van der Waals surface area contributed by atoms with Crippen LogP contribution in [0, 0.1) is 0 Å². The molecule has 3 aromatic rings. The Labute approximate surface area is 169 Å². The number of primary sulfonamides is 1. The SMILES string of the molecule is NS(=O)(=O)c1cccc(NC(=O)c2cc3ccccc3nc2N2CCCCC2)c1. The van der Waals surface area contributed by atoms with E-state index in [1.54, 1.807) is 12.1 Å². The third kappa shape index (κ3) is 4.23. The van der Waals surface area contributed by atoms with Gasteiger partial charge < -0.3 is 10.2 Å². The molecule has 0 saturated carbocycles. The Balaban J connectivity index is 1.73. The quantitative estimate of drug-likeness (QED) is 0.687. The number of carbonyl (C=O) groups is 1. The van der Waals surface area contributed by atoms with Crippen LogP contribution in [-0.2, 0) is 10.0 Å². The van der Waals surface area contributed by atoms with E-state index < -0.39 is 10.0 Å². The molecule has 150 valence electrons. The minimum absolute atomic E-state index is 0.0526. The van der Waals surface area contributed by atoms with Gasteiger partial charge in [-0.15, -0.1) is 0 Å². The number of nitrogens with one attached hydrogen (secondary N) is 1. The summed E-state index contributed by atoms with van der Waals surface area (Å²) in [4.78, 5) is 20.0. The molecule has 3 N–H and O–H groups in total. The number of hydrogen-bond donors (Lipinski definition) is 2. The number of nitrogens with two attached hydrogens (primary N) is 1. The van der Waals surface area contributed by atoms with E-state index in [1.807, 2.05) is 30.3 Å². The van der Waals surface area contributed by atoms with E-state index >= 15 is 0 Å². The summed E-state index contributed by atoms with van der Waals surface area (Å²) in [5.74, 6) is 0.318. The van der Waals surface area contributed by atoms with Gasteiger partial charge in [-0.1, -0.05) is 24.3 Å². The highest BCUT2D eigenvalue weighted by molar-refractivity contribution is 7.89. The van der Waals surface area contributed by atoms with Gasteiger partial charge in [0.15, 0.2) is 0 Å². The van der Waals surface area contributed by atoms with Crippen LogP contribution in [0.5, 0.6) is 0 Å². The van der Waals surface area contributed by atoms with Crippen LogP contribution in [0.1, 0.15) is 29.6 Å². The van der Waals surface area contributed by atoms with Gasteiger partial charge in [0, 0.05) is 24.2 Å². The predicted molar refractivity (Wildman–Crippen MR) is 114 cm³/mol. The van der Waals surface area contributed by atoms with E-state index in [9.17, 15) is 13.2 Å². The summed E-state index contributed by atoms with van der Waals surface area (Å²) in [7, 11) is -3.85. The molecule has 0 bridgehead atoms. The molecule has 29 heavy (non-hydrogen) atoms. The summed E-state index contributed by atoms with van der Waals surface area (Å²) in [5, 5.41) is 8.86. The summed E-state index contributed by atoms with van der Waals surface area (Å²) in [6.07, 6.45) is 3.30. The van der Waals surface area contributed by atoms with E-state index in [1.165, 1.54) is 18.6 Å². The summed E-state index contributed by atoms with van der Waals surface area (Å²) in [6.45, 7) is 1.71. The third-order valence-electron chi connectivity index (χ3n) is 5.02. The topological polar surface area (TPSA) is 105 Å². The second kappa shape index (κ2) is 7.81. The van der Waals surface area contributed by atoms with Crippen LogP contribution >= 0.6 is 0 Å². The number of fused-ring (bicyclic) bond motifs is 1. The maximum absolute atomic E-state index is 13.1. The first kappa shape index (κ1) is 19.4. The lowest BCUT2D eigenvalue weighted by Crippen LogP contribution is -2.32. The Hall–Kier alpha value is -2.97. The lowest BCUT2D eigenvalue weighted by molar-refractivity contribution is 0.102. The summed E-state index contributed by atoms with van der Waals surface area (Å²) >= 11 is 0. The van der Waals surface area contributed by atoms with Gasteiger partial charge in [0.1, 0.15) is 5.82 Å². The Morgan fingerprint density at radius 1 is 1.00 bits per heavy atom. The predicted octanol–water partition coefficient (Wildman–Crippen LogP) is 3.12. The van der Waals surface area contributed by atoms with Crippen molar-refractivity contribution in [3.63, 3.8) is 0 Å². The normalized spacial score (nSPS) is 14.7. The van der Waals surface area contributed by atoms with Crippen LogP contribution in [0.2, 0.25) is 0 Å². The lowest BCUT2D eigenvalue weighted by atomic mass is 10.1. The highest BCUT2D eigenvalue weighted by atomic mass is 32.2. The van der Waals surface area contributed by atoms with E-state index in [0.29, 0.717) is 17.1 Å². The smallest absolute Gasteiger partial charge is 0.259 e. The van der Waals surface area contributed by atoms with Gasteiger partial charge in [0.05, 0.1) is 16.0 Å². The van der Waals surface area contributed by atoms with Crippen molar-refractivity contribution in [2.45, 2.75) is 24.2 Å². The Morgan fingerprint density at radius 3 is 2.52 bits per heavy atom. The average Bonchev–Trinajstić information content (AvgIpc) is 2.73. The minimum Gasteiger partial charge on any atom is -0.356 e. The van der Waals surface area contributed by atoms with Gasteiger partial charge in [0.25, 0.3) is 5.91 Å². The Morgan fingerprint density at radius 2 is 1.76 bits per heavy atom. The highest BCUT2D eigenvalue weighted by Gasteiger charge is 2.21. The number of aromatic nitrogens is 1. The molecule has 2 heterocycles. The first-order valence-corrected chi connectivity index (χ1v) is 11.1. The number of nitrogens with zero attached hydrogens (tertiary/aromatic N) is 2. The Kier molecular flexibility index (Phi) is 5.21. The van der Waals surface area contributed by atoms with Gasteiger partial charge in [0.2, 0.25) is 10.0 Å². The monoisotopic (exact) mass is 410 g/mol. The number of rotatable bonds is 4. The van der Waals surface area contributed by atoms with Gasteiger partial charge in [-0.25, -0.2) is 18.5 Å². The largest absolute Gasteiger partial charge is 0.356 e. The molecule has 2 aromatic carbocycles. The molecule has 0 aliphatic carbocycles. The number of benzene rings is 2. The van der Waals surface area contributed by atoms with Gasteiger partial charge in [-0.3, -0.25) is 4.79 Å². The van der Waals surface area contributed by atoms with Crippen molar-refractivity contribution in [3.05, 3.63) is 60.2 Å². The molecule has 1 amide bonds. The van der Waals surface area contributed by atoms with Crippen molar-refractivity contribution in [2.24, 2.45) is 5.14 Å². The number of para-hydroxylation sites is 1. The maximum Gasteiger partial charge on any atom is 0.259 e. The van der Waals surface area contributed by atoms with Crippen LogP contribution in [0.25, 0.3) is 10.9 Å². The molecule has 0 radical (unpaired) electrons. The zero-order valence-electron chi connectivity index (χ0n) is 15.8. The van der Waals surface area contributed by atoms with Crippen molar-refractivity contribution in [2.75, 3.05) is 23.3 Å². The number of pyridine rings is 1. The molecule has 1 aliphatic heterocycles. The lowest BCUT2D eigenvalue weighted by Gasteiger charge is -2.29. The average molecular weight is 410 g/mol. The van der Waals surface area contributed by atoms with Crippen molar-refractivity contribution in [3.8, 4) is 0 Å². The molecule has 1 aliphatic rings. The number of amides is 1. The molecule has 8 heteroatoms. The molecule has 0 unspecified atom stereocenters. The van der Waals surface area contributed by atoms with Crippen molar-refractivity contribution in [1.82, 2.24) is 4.98 Å². The van der Waals surface area contributed by atoms with E-state index in [0.717, 1.165) is 36.8 Å². The first-order valence-electron chi connectivity index (χ1n) is 9.51. The Bertz CT molecular complexity index is 1170. The molecular weight excluding hydrogens is 388 g/mol. The van der Waals surface area contributed by atoms with E-state index in [4.69, 9.17) is 10.1 Å². The van der Waals surface area contributed by atoms with Crippen molar-refractivity contribution >= 4 is 38.3 Å². The summed E-state index contributed by atoms with van der Waals surface area (Å²) < 4.78 is 23.2. The number of sulfonamides is 1. The first-order chi connectivity index (χ1) is 13.9. The number of piperidine rings is 1. The summed E-state index contributed by atoms with van der Waals surface area (Å²) in [6, 6.07) is 15.4. The van der Waals surface area contributed by atoms with Crippen LogP contribution < -0.4 is 15.4 Å². The fraction of sp³-hybridized carbons (Fsp3) is 0.238. The third-order valence-corrected chi connectivity index (χ3v) is 5.94. The molecule has 0 spiro atoms. The molecule has 1 saturated heterocycles. The molecule has 4 rings (SSSR count). The van der Waals surface area contributed by atoms with Crippen molar-refractivity contribution < 1.29 is 13.2 Å². The fourth-order valence-corrected chi connectivity index (χ4v) is 4.13. The van der Waals surface area contributed by atoms with E-state index in [2.05, 4.69) is 10.2 Å². The van der Waals surface area contributed by atoms with Crippen LogP contribution in [0.4, 0.5) is 11.5 Å². The van der Waals surface area contributed by atoms with E-state index in [-0.39, 0.29) is 10.8 Å². The zero-order valence-corrected chi connectivity index (χ0v) is 16.7. The molecule has 1 fully saturated rings. The number of carbonyl (C=O) groups excluding carboxylic acids is 1. The van der Waals surface area contributed by atoms with Crippen molar-refractivity contribution in [1.29, 1.82) is 0 Å². The maximum atomic E-state index is 13.1. The summed E-state index contributed by atoms with van der Waals surface area (Å²) in [5.41, 5.74) is 1.66. The molecule has 0 atom stereocenters.